The van der Waals surface area contributed by atoms with Crippen molar-refractivity contribution < 1.29 is 9.53 Å². The lowest BCUT2D eigenvalue weighted by atomic mass is 9.82. The van der Waals surface area contributed by atoms with Gasteiger partial charge >= 0.3 is 0 Å². The van der Waals surface area contributed by atoms with Gasteiger partial charge in [-0.2, -0.15) is 0 Å². The fraction of sp³-hybridized carbons (Fsp3) is 0.484. The first-order valence-corrected chi connectivity index (χ1v) is 14.7. The lowest BCUT2D eigenvalue weighted by Gasteiger charge is -2.43. The molecule has 0 heterocycles. The van der Waals surface area contributed by atoms with E-state index in [0.29, 0.717) is 24.9 Å². The van der Waals surface area contributed by atoms with E-state index in [4.69, 9.17) is 4.43 Å². The minimum atomic E-state index is -2.60. The van der Waals surface area contributed by atoms with Crippen LogP contribution in [0.15, 0.2) is 85.5 Å². The van der Waals surface area contributed by atoms with Crippen molar-refractivity contribution in [1.29, 1.82) is 0 Å². The maximum absolute atomic E-state index is 11.1. The fourth-order valence-corrected chi connectivity index (χ4v) is 9.60. The van der Waals surface area contributed by atoms with Crippen molar-refractivity contribution in [3.63, 3.8) is 0 Å². The summed E-state index contributed by atoms with van der Waals surface area (Å²) in [5, 5.41) is 13.6. The first kappa shape index (κ1) is 28.3. The molecule has 2 nitrogen and oxygen atoms in total. The monoisotopic (exact) mass is 478 g/mol. The van der Waals surface area contributed by atoms with E-state index in [-0.39, 0.29) is 11.0 Å². The van der Waals surface area contributed by atoms with E-state index in [1.165, 1.54) is 10.4 Å². The van der Waals surface area contributed by atoms with Gasteiger partial charge in [0.05, 0.1) is 12.7 Å². The van der Waals surface area contributed by atoms with Gasteiger partial charge in [-0.3, -0.25) is 0 Å². The number of benzene rings is 2. The van der Waals surface area contributed by atoms with Gasteiger partial charge in [0.25, 0.3) is 8.32 Å². The molecular formula is C31H46O2Si. The molecule has 34 heavy (non-hydrogen) atoms. The van der Waals surface area contributed by atoms with Gasteiger partial charge in [0.1, 0.15) is 0 Å². The smallest absolute Gasteiger partial charge is 0.261 e. The highest BCUT2D eigenvalue weighted by atomic mass is 28.4. The van der Waals surface area contributed by atoms with Crippen LogP contribution < -0.4 is 10.4 Å². The predicted molar refractivity (Wildman–Crippen MR) is 150 cm³/mol. The van der Waals surface area contributed by atoms with Crippen molar-refractivity contribution in [2.45, 2.75) is 71.9 Å². The maximum atomic E-state index is 11.1. The van der Waals surface area contributed by atoms with Crippen molar-refractivity contribution in [3.8, 4) is 0 Å². The molecule has 0 saturated carbocycles. The molecule has 186 valence electrons. The zero-order valence-electron chi connectivity index (χ0n) is 22.3. The number of hydrogen-bond donors (Lipinski definition) is 1. The normalized spacial score (nSPS) is 15.1. The predicted octanol–water partition coefficient (Wildman–Crippen LogP) is 6.74. The quantitative estimate of drug-likeness (QED) is 0.255. The second-order valence-electron chi connectivity index (χ2n) is 11.2. The van der Waals surface area contributed by atoms with E-state index < -0.39 is 14.4 Å². The summed E-state index contributed by atoms with van der Waals surface area (Å²) in [5.74, 6) is 1.12. The van der Waals surface area contributed by atoms with Crippen LogP contribution in [0, 0.1) is 17.8 Å². The van der Waals surface area contributed by atoms with Gasteiger partial charge in [0.15, 0.2) is 0 Å². The highest BCUT2D eigenvalue weighted by Gasteiger charge is 2.50. The summed E-state index contributed by atoms with van der Waals surface area (Å²) in [7, 11) is -2.60. The van der Waals surface area contributed by atoms with E-state index in [2.05, 4.69) is 115 Å². The third-order valence-corrected chi connectivity index (χ3v) is 12.1. The van der Waals surface area contributed by atoms with Gasteiger partial charge in [0, 0.05) is 0 Å². The summed E-state index contributed by atoms with van der Waals surface area (Å²) in [6.45, 7) is 22.1. The van der Waals surface area contributed by atoms with Crippen LogP contribution in [-0.4, -0.2) is 26.1 Å². The molecule has 0 amide bonds. The largest absolute Gasteiger partial charge is 0.403 e. The van der Waals surface area contributed by atoms with E-state index in [0.717, 1.165) is 18.4 Å². The Bertz CT molecular complexity index is 843. The fourth-order valence-electron chi connectivity index (χ4n) is 5.02. The number of aliphatic hydroxyl groups is 1. The summed E-state index contributed by atoms with van der Waals surface area (Å²) < 4.78 is 7.00. The number of aliphatic hydroxyl groups excluding tert-OH is 1. The lowest BCUT2D eigenvalue weighted by molar-refractivity contribution is 0.0713. The minimum Gasteiger partial charge on any atom is -0.403 e. The van der Waals surface area contributed by atoms with Crippen molar-refractivity contribution in [1.82, 2.24) is 0 Å². The molecule has 0 aliphatic rings. The molecule has 0 aliphatic heterocycles. The van der Waals surface area contributed by atoms with Gasteiger partial charge in [-0.15, -0.1) is 6.58 Å². The van der Waals surface area contributed by atoms with Crippen molar-refractivity contribution in [2.24, 2.45) is 17.8 Å². The lowest BCUT2D eigenvalue weighted by Crippen LogP contribution is -2.66. The molecule has 0 spiro atoms. The van der Waals surface area contributed by atoms with Crippen LogP contribution >= 0.6 is 0 Å². The highest BCUT2D eigenvalue weighted by Crippen LogP contribution is 2.37. The molecule has 0 aromatic heterocycles. The average molecular weight is 479 g/mol. The summed E-state index contributed by atoms with van der Waals surface area (Å²) in [5.41, 5.74) is 0.961. The van der Waals surface area contributed by atoms with Crippen LogP contribution in [0.3, 0.4) is 0 Å². The first-order chi connectivity index (χ1) is 16.0. The average Bonchev–Trinajstić information content (AvgIpc) is 2.79. The maximum Gasteiger partial charge on any atom is 0.261 e. The zero-order valence-corrected chi connectivity index (χ0v) is 23.3. The Kier molecular flexibility index (Phi) is 10.5. The summed E-state index contributed by atoms with van der Waals surface area (Å²) in [6, 6.07) is 21.4. The molecule has 0 bridgehead atoms. The second kappa shape index (κ2) is 12.7. The van der Waals surface area contributed by atoms with Crippen LogP contribution in [0.4, 0.5) is 0 Å². The van der Waals surface area contributed by atoms with E-state index in [1.54, 1.807) is 0 Å². The Balaban J connectivity index is 2.25. The highest BCUT2D eigenvalue weighted by molar-refractivity contribution is 6.99. The van der Waals surface area contributed by atoms with E-state index in [1.807, 2.05) is 6.08 Å². The van der Waals surface area contributed by atoms with E-state index in [9.17, 15) is 5.11 Å². The second-order valence-corrected chi connectivity index (χ2v) is 15.5. The van der Waals surface area contributed by atoms with Crippen LogP contribution in [0.5, 0.6) is 0 Å². The Hall–Kier alpha value is -1.94. The summed E-state index contributed by atoms with van der Waals surface area (Å²) >= 11 is 0. The van der Waals surface area contributed by atoms with Gasteiger partial charge in [-0.1, -0.05) is 120 Å². The summed E-state index contributed by atoms with van der Waals surface area (Å²) in [4.78, 5) is 0. The Morgan fingerprint density at radius 3 is 1.85 bits per heavy atom. The van der Waals surface area contributed by atoms with Crippen LogP contribution in [0.25, 0.3) is 0 Å². The molecule has 0 saturated heterocycles. The van der Waals surface area contributed by atoms with Gasteiger partial charge < -0.3 is 9.53 Å². The third-order valence-electron chi connectivity index (χ3n) is 7.12. The van der Waals surface area contributed by atoms with Crippen molar-refractivity contribution in [3.05, 3.63) is 85.5 Å². The van der Waals surface area contributed by atoms with Crippen LogP contribution in [-0.2, 0) is 4.43 Å². The molecule has 0 aliphatic carbocycles. The molecule has 3 atom stereocenters. The van der Waals surface area contributed by atoms with Gasteiger partial charge in [0.2, 0.25) is 0 Å². The molecule has 1 unspecified atom stereocenters. The Labute approximate surface area is 209 Å². The van der Waals surface area contributed by atoms with Crippen LogP contribution in [0.1, 0.15) is 60.8 Å². The SMILES string of the molecule is C=C[C@H](C)CC[C@@H](C(C)C)C(O)CC(=C)CO[Si](c1ccccc1)(c1ccccc1)C(C)(C)C. The Morgan fingerprint density at radius 2 is 1.44 bits per heavy atom. The zero-order chi connectivity index (χ0) is 25.4. The summed E-state index contributed by atoms with van der Waals surface area (Å²) in [6.07, 6.45) is 4.21. The van der Waals surface area contributed by atoms with Crippen LogP contribution in [0.2, 0.25) is 5.04 Å². The van der Waals surface area contributed by atoms with Gasteiger partial charge in [-0.05, 0) is 52.4 Å². The molecular weight excluding hydrogens is 432 g/mol. The van der Waals surface area contributed by atoms with Crippen molar-refractivity contribution in [2.75, 3.05) is 6.61 Å². The molecule has 2 aromatic rings. The number of rotatable bonds is 13. The Morgan fingerprint density at radius 1 is 0.941 bits per heavy atom. The number of hydrogen-bond acceptors (Lipinski definition) is 2. The molecule has 1 N–H and O–H groups in total. The first-order valence-electron chi connectivity index (χ1n) is 12.7. The third kappa shape index (κ3) is 7.04. The van der Waals surface area contributed by atoms with E-state index >= 15 is 0 Å². The topological polar surface area (TPSA) is 29.5 Å². The van der Waals surface area contributed by atoms with Crippen molar-refractivity contribution >= 4 is 18.7 Å². The number of allylic oxidation sites excluding steroid dienone is 1. The molecule has 3 heteroatoms. The minimum absolute atomic E-state index is 0.0735. The molecule has 0 radical (unpaired) electrons. The molecule has 2 rings (SSSR count). The molecule has 2 aromatic carbocycles. The van der Waals surface area contributed by atoms with Gasteiger partial charge in [-0.25, -0.2) is 0 Å². The standard InChI is InChI=1S/C31H46O2Si/c1-9-25(4)20-21-29(24(2)3)30(32)22-26(5)23-33-34(31(6,7)8,27-16-12-10-13-17-27)28-18-14-11-15-19-28/h9-19,24-25,29-30,32H,1,5,20-23H2,2-4,6-8H3/t25-,29-,30?/m0/s1. The molecule has 0 fully saturated rings.